The predicted octanol–water partition coefficient (Wildman–Crippen LogP) is 4.35. The predicted molar refractivity (Wildman–Crippen MR) is 76.9 cm³/mol. The second kappa shape index (κ2) is 5.96. The first kappa shape index (κ1) is 13.7. The Labute approximate surface area is 115 Å². The molecule has 0 aromatic carbocycles. The van der Waals surface area contributed by atoms with E-state index in [1.807, 2.05) is 11.6 Å². The topological polar surface area (TPSA) is 43.8 Å². The van der Waals surface area contributed by atoms with Crippen LogP contribution in [0.5, 0.6) is 0 Å². The molecule has 0 amide bonds. The van der Waals surface area contributed by atoms with Crippen LogP contribution in [0.1, 0.15) is 63.6 Å². The van der Waals surface area contributed by atoms with E-state index in [1.54, 1.807) is 0 Å². The standard InChI is InChI=1S/C14H24ClN3/c1-3-5-11-6-4-7-12(9-8-11)18-14(16)13(15)10(2)17-18/h11-12H,3-9,16H2,1-2H3. The van der Waals surface area contributed by atoms with Crippen LogP contribution in [-0.2, 0) is 0 Å². The van der Waals surface area contributed by atoms with E-state index in [1.165, 1.54) is 44.9 Å². The number of hydrogen-bond donors (Lipinski definition) is 1. The fraction of sp³-hybridized carbons (Fsp3) is 0.786. The van der Waals surface area contributed by atoms with Crippen LogP contribution < -0.4 is 5.73 Å². The van der Waals surface area contributed by atoms with Gasteiger partial charge in [-0.25, -0.2) is 4.68 Å². The Morgan fingerprint density at radius 2 is 2.11 bits per heavy atom. The Bertz CT molecular complexity index is 400. The quantitative estimate of drug-likeness (QED) is 0.829. The second-order valence-electron chi connectivity index (χ2n) is 5.55. The minimum Gasteiger partial charge on any atom is -0.383 e. The van der Waals surface area contributed by atoms with Crippen molar-refractivity contribution in [3.8, 4) is 0 Å². The minimum atomic E-state index is 0.443. The van der Waals surface area contributed by atoms with E-state index in [9.17, 15) is 0 Å². The molecule has 2 rings (SSSR count). The van der Waals surface area contributed by atoms with Gasteiger partial charge in [0.15, 0.2) is 0 Å². The number of nitrogens with two attached hydrogens (primary N) is 1. The first-order valence-corrected chi connectivity index (χ1v) is 7.51. The van der Waals surface area contributed by atoms with Crippen LogP contribution in [0, 0.1) is 12.8 Å². The summed E-state index contributed by atoms with van der Waals surface area (Å²) >= 11 is 6.13. The van der Waals surface area contributed by atoms with Gasteiger partial charge >= 0.3 is 0 Å². The lowest BCUT2D eigenvalue weighted by atomic mass is 9.95. The van der Waals surface area contributed by atoms with E-state index < -0.39 is 0 Å². The van der Waals surface area contributed by atoms with Gasteiger partial charge in [-0.3, -0.25) is 0 Å². The summed E-state index contributed by atoms with van der Waals surface area (Å²) in [5.41, 5.74) is 6.90. The zero-order valence-corrected chi connectivity index (χ0v) is 12.2. The van der Waals surface area contributed by atoms with Crippen LogP contribution in [0.4, 0.5) is 5.82 Å². The van der Waals surface area contributed by atoms with E-state index in [4.69, 9.17) is 17.3 Å². The molecule has 1 aromatic rings. The third-order valence-electron chi connectivity index (χ3n) is 4.15. The summed E-state index contributed by atoms with van der Waals surface area (Å²) in [4.78, 5) is 0. The fourth-order valence-corrected chi connectivity index (χ4v) is 3.25. The van der Waals surface area contributed by atoms with Crippen molar-refractivity contribution in [2.75, 3.05) is 5.73 Å². The zero-order valence-electron chi connectivity index (χ0n) is 11.5. The van der Waals surface area contributed by atoms with Crippen molar-refractivity contribution >= 4 is 17.4 Å². The molecule has 102 valence electrons. The molecule has 0 bridgehead atoms. The minimum absolute atomic E-state index is 0.443. The zero-order chi connectivity index (χ0) is 13.1. The molecule has 1 aromatic heterocycles. The highest BCUT2D eigenvalue weighted by atomic mass is 35.5. The van der Waals surface area contributed by atoms with Crippen LogP contribution in [0.25, 0.3) is 0 Å². The largest absolute Gasteiger partial charge is 0.383 e. The van der Waals surface area contributed by atoms with E-state index in [0.717, 1.165) is 11.6 Å². The van der Waals surface area contributed by atoms with Gasteiger partial charge in [-0.05, 0) is 32.1 Å². The average Bonchev–Trinajstić information content (AvgIpc) is 2.58. The maximum atomic E-state index is 6.13. The third kappa shape index (κ3) is 2.82. The van der Waals surface area contributed by atoms with Crippen molar-refractivity contribution in [1.29, 1.82) is 0 Å². The molecular formula is C14H24ClN3. The summed E-state index contributed by atoms with van der Waals surface area (Å²) in [6.45, 7) is 4.20. The van der Waals surface area contributed by atoms with E-state index in [-0.39, 0.29) is 0 Å². The Balaban J connectivity index is 2.07. The van der Waals surface area contributed by atoms with Crippen LogP contribution in [0.3, 0.4) is 0 Å². The molecular weight excluding hydrogens is 246 g/mol. The molecule has 0 aliphatic heterocycles. The summed E-state index contributed by atoms with van der Waals surface area (Å²) in [6, 6.07) is 0.443. The van der Waals surface area contributed by atoms with Crippen molar-refractivity contribution in [3.63, 3.8) is 0 Å². The third-order valence-corrected chi connectivity index (χ3v) is 4.61. The molecule has 2 unspecified atom stereocenters. The van der Waals surface area contributed by atoms with Crippen molar-refractivity contribution in [1.82, 2.24) is 9.78 Å². The summed E-state index contributed by atoms with van der Waals surface area (Å²) in [7, 11) is 0. The van der Waals surface area contributed by atoms with Crippen molar-refractivity contribution in [3.05, 3.63) is 10.7 Å². The SMILES string of the molecule is CCCC1CCCC(n2nc(C)c(Cl)c2N)CC1. The van der Waals surface area contributed by atoms with Crippen LogP contribution in [0.2, 0.25) is 5.02 Å². The molecule has 1 fully saturated rings. The molecule has 0 radical (unpaired) electrons. The maximum absolute atomic E-state index is 6.13. The molecule has 1 saturated carbocycles. The Hall–Kier alpha value is -0.700. The summed E-state index contributed by atoms with van der Waals surface area (Å²) in [5, 5.41) is 5.13. The monoisotopic (exact) mass is 269 g/mol. The fourth-order valence-electron chi connectivity index (χ4n) is 3.12. The van der Waals surface area contributed by atoms with Crippen LogP contribution in [-0.4, -0.2) is 9.78 Å². The Kier molecular flexibility index (Phi) is 4.55. The smallest absolute Gasteiger partial charge is 0.141 e. The molecule has 2 atom stereocenters. The van der Waals surface area contributed by atoms with Crippen LogP contribution >= 0.6 is 11.6 Å². The van der Waals surface area contributed by atoms with Crippen molar-refractivity contribution in [2.45, 2.75) is 64.8 Å². The van der Waals surface area contributed by atoms with Gasteiger partial charge in [-0.1, -0.05) is 44.2 Å². The van der Waals surface area contributed by atoms with Crippen LogP contribution in [0.15, 0.2) is 0 Å². The highest BCUT2D eigenvalue weighted by molar-refractivity contribution is 6.33. The molecule has 1 aliphatic rings. The van der Waals surface area contributed by atoms with Crippen molar-refractivity contribution in [2.24, 2.45) is 5.92 Å². The number of nitrogens with zero attached hydrogens (tertiary/aromatic N) is 2. The number of hydrogen-bond acceptors (Lipinski definition) is 2. The summed E-state index contributed by atoms with van der Waals surface area (Å²) < 4.78 is 1.96. The Morgan fingerprint density at radius 1 is 1.33 bits per heavy atom. The first-order chi connectivity index (χ1) is 8.63. The number of nitrogen functional groups attached to an aromatic ring is 1. The lowest BCUT2D eigenvalue weighted by Gasteiger charge is -2.17. The summed E-state index contributed by atoms with van der Waals surface area (Å²) in [5.74, 6) is 1.54. The number of rotatable bonds is 3. The Morgan fingerprint density at radius 3 is 2.72 bits per heavy atom. The van der Waals surface area contributed by atoms with Gasteiger partial charge in [0.2, 0.25) is 0 Å². The van der Waals surface area contributed by atoms with Gasteiger partial charge in [0.25, 0.3) is 0 Å². The lowest BCUT2D eigenvalue weighted by molar-refractivity contribution is 0.387. The first-order valence-electron chi connectivity index (χ1n) is 7.13. The van der Waals surface area contributed by atoms with Gasteiger partial charge in [0.1, 0.15) is 10.8 Å². The highest BCUT2D eigenvalue weighted by Crippen LogP contribution is 2.35. The second-order valence-corrected chi connectivity index (χ2v) is 5.92. The number of aromatic nitrogens is 2. The molecule has 2 N–H and O–H groups in total. The highest BCUT2D eigenvalue weighted by Gasteiger charge is 2.23. The molecule has 4 heteroatoms. The molecule has 0 spiro atoms. The number of halogens is 1. The van der Waals surface area contributed by atoms with Gasteiger partial charge in [-0.2, -0.15) is 5.10 Å². The summed E-state index contributed by atoms with van der Waals surface area (Å²) in [6.07, 6.45) is 8.97. The number of anilines is 1. The normalized spacial score (nSPS) is 25.1. The molecule has 1 aliphatic carbocycles. The van der Waals surface area contributed by atoms with E-state index in [0.29, 0.717) is 16.9 Å². The lowest BCUT2D eigenvalue weighted by Crippen LogP contribution is -2.13. The molecule has 18 heavy (non-hydrogen) atoms. The molecule has 0 saturated heterocycles. The number of aryl methyl sites for hydroxylation is 1. The van der Waals surface area contributed by atoms with E-state index >= 15 is 0 Å². The molecule has 1 heterocycles. The average molecular weight is 270 g/mol. The van der Waals surface area contributed by atoms with Gasteiger partial charge in [0, 0.05) is 0 Å². The van der Waals surface area contributed by atoms with E-state index in [2.05, 4.69) is 12.0 Å². The van der Waals surface area contributed by atoms with Crippen molar-refractivity contribution < 1.29 is 0 Å². The maximum Gasteiger partial charge on any atom is 0.141 e. The van der Waals surface area contributed by atoms with Gasteiger partial charge in [0.05, 0.1) is 11.7 Å². The van der Waals surface area contributed by atoms with Gasteiger partial charge in [-0.15, -0.1) is 0 Å². The molecule has 3 nitrogen and oxygen atoms in total. The van der Waals surface area contributed by atoms with Gasteiger partial charge < -0.3 is 5.73 Å².